The van der Waals surface area contributed by atoms with E-state index in [0.717, 1.165) is 25.7 Å². The van der Waals surface area contributed by atoms with Gasteiger partial charge in [-0.3, -0.25) is 0 Å². The van der Waals surface area contributed by atoms with Gasteiger partial charge in [0.25, 0.3) is 0 Å². The van der Waals surface area contributed by atoms with Gasteiger partial charge in [0.15, 0.2) is 0 Å². The summed E-state index contributed by atoms with van der Waals surface area (Å²) in [7, 11) is 1.34. The predicted octanol–water partition coefficient (Wildman–Crippen LogP) is 2.97. The molecule has 0 aliphatic heterocycles. The average Bonchev–Trinajstić information content (AvgIpc) is 2.44. The van der Waals surface area contributed by atoms with E-state index in [1.807, 2.05) is 0 Å². The van der Waals surface area contributed by atoms with Crippen LogP contribution in [-0.2, 0) is 9.53 Å². The van der Waals surface area contributed by atoms with E-state index in [4.69, 9.17) is 5.11 Å². The molecule has 0 rings (SSSR count). The van der Waals surface area contributed by atoms with Gasteiger partial charge in [-0.1, -0.05) is 44.9 Å². The van der Waals surface area contributed by atoms with E-state index in [-0.39, 0.29) is 5.97 Å². The van der Waals surface area contributed by atoms with Crippen molar-refractivity contribution in [1.29, 1.82) is 0 Å². The predicted molar refractivity (Wildman–Crippen MR) is 80.4 cm³/mol. The van der Waals surface area contributed by atoms with Crippen molar-refractivity contribution in [3.05, 3.63) is 11.6 Å². The second-order valence-electron chi connectivity index (χ2n) is 5.25. The molecule has 0 aliphatic carbocycles. The van der Waals surface area contributed by atoms with Crippen LogP contribution in [0.3, 0.4) is 0 Å². The van der Waals surface area contributed by atoms with E-state index < -0.39 is 6.10 Å². The number of rotatable bonds is 12. The molecule has 1 unspecified atom stereocenters. The van der Waals surface area contributed by atoms with Crippen molar-refractivity contribution in [3.63, 3.8) is 0 Å². The van der Waals surface area contributed by atoms with Crippen molar-refractivity contribution in [2.45, 2.75) is 70.8 Å². The Morgan fingerprint density at radius 3 is 2.05 bits per heavy atom. The minimum atomic E-state index is -0.557. The second kappa shape index (κ2) is 13.1. The van der Waals surface area contributed by atoms with Crippen molar-refractivity contribution in [3.8, 4) is 0 Å². The molecule has 0 bridgehead atoms. The lowest BCUT2D eigenvalue weighted by atomic mass is 10.0. The number of carbonyl (C=O) groups excluding carboxylic acids is 1. The largest absolute Gasteiger partial charge is 0.466 e. The topological polar surface area (TPSA) is 66.8 Å². The van der Waals surface area contributed by atoms with Gasteiger partial charge in [-0.05, 0) is 25.8 Å². The molecule has 0 saturated heterocycles. The van der Waals surface area contributed by atoms with Crippen LogP contribution in [0.25, 0.3) is 0 Å². The molecule has 0 aromatic carbocycles. The van der Waals surface area contributed by atoms with Gasteiger partial charge in [-0.25, -0.2) is 4.79 Å². The molecule has 118 valence electrons. The number of unbranched alkanes of at least 4 members (excludes halogenated alkanes) is 7. The number of hydrogen-bond donors (Lipinski definition) is 2. The zero-order valence-electron chi connectivity index (χ0n) is 12.9. The maximum absolute atomic E-state index is 11.2. The number of methoxy groups -OCH3 is 1. The molecule has 4 nitrogen and oxygen atoms in total. The molecule has 0 aromatic rings. The first-order valence-corrected chi connectivity index (χ1v) is 7.67. The highest BCUT2D eigenvalue weighted by Gasteiger charge is 2.06. The lowest BCUT2D eigenvalue weighted by Crippen LogP contribution is -2.08. The molecule has 0 aromatic heterocycles. The van der Waals surface area contributed by atoms with Gasteiger partial charge in [-0.2, -0.15) is 0 Å². The fourth-order valence-corrected chi connectivity index (χ4v) is 2.13. The van der Waals surface area contributed by atoms with E-state index in [1.165, 1.54) is 32.8 Å². The minimum absolute atomic E-state index is 0.302. The summed E-state index contributed by atoms with van der Waals surface area (Å²) >= 11 is 0. The first-order valence-electron chi connectivity index (χ1n) is 7.67. The smallest absolute Gasteiger partial charge is 0.333 e. The van der Waals surface area contributed by atoms with Gasteiger partial charge in [-0.15, -0.1) is 0 Å². The van der Waals surface area contributed by atoms with Gasteiger partial charge < -0.3 is 14.9 Å². The molecule has 0 aliphatic rings. The quantitative estimate of drug-likeness (QED) is 0.329. The summed E-state index contributed by atoms with van der Waals surface area (Å²) in [6.45, 7) is 1.96. The molecule has 0 saturated carbocycles. The number of carbonyl (C=O) groups is 1. The summed E-state index contributed by atoms with van der Waals surface area (Å²) in [5.74, 6) is -0.382. The Balaban J connectivity index is 3.48. The number of aliphatic hydroxyl groups is 2. The summed E-state index contributed by atoms with van der Waals surface area (Å²) in [6, 6.07) is 0. The van der Waals surface area contributed by atoms with Gasteiger partial charge in [0.05, 0.1) is 13.2 Å². The molecule has 0 heterocycles. The monoisotopic (exact) mass is 286 g/mol. The molecule has 2 N–H and O–H groups in total. The van der Waals surface area contributed by atoms with E-state index in [1.54, 1.807) is 13.0 Å². The van der Waals surface area contributed by atoms with Crippen molar-refractivity contribution >= 4 is 5.97 Å². The van der Waals surface area contributed by atoms with Crippen LogP contribution < -0.4 is 0 Å². The standard InChI is InChI=1S/C16H30O4/c1-14(16(19)20-2)13-15(18)11-9-7-5-3-4-6-8-10-12-17/h13,15,17-18H,3-12H2,1-2H3. The lowest BCUT2D eigenvalue weighted by molar-refractivity contribution is -0.136. The van der Waals surface area contributed by atoms with Gasteiger partial charge in [0.2, 0.25) is 0 Å². The first-order chi connectivity index (χ1) is 9.61. The van der Waals surface area contributed by atoms with Crippen LogP contribution in [0, 0.1) is 0 Å². The maximum atomic E-state index is 11.2. The Morgan fingerprint density at radius 2 is 1.55 bits per heavy atom. The van der Waals surface area contributed by atoms with Crippen molar-refractivity contribution in [2.75, 3.05) is 13.7 Å². The first kappa shape index (κ1) is 19.1. The van der Waals surface area contributed by atoms with Crippen molar-refractivity contribution < 1.29 is 19.7 Å². The number of ether oxygens (including phenoxy) is 1. The van der Waals surface area contributed by atoms with E-state index in [2.05, 4.69) is 4.74 Å². The van der Waals surface area contributed by atoms with Gasteiger partial charge in [0.1, 0.15) is 0 Å². The van der Waals surface area contributed by atoms with Gasteiger partial charge in [0, 0.05) is 12.2 Å². The number of aliphatic hydroxyl groups excluding tert-OH is 2. The van der Waals surface area contributed by atoms with Crippen molar-refractivity contribution in [2.24, 2.45) is 0 Å². The van der Waals surface area contributed by atoms with Crippen LogP contribution in [0.5, 0.6) is 0 Å². The average molecular weight is 286 g/mol. The van der Waals surface area contributed by atoms with E-state index in [9.17, 15) is 9.90 Å². The molecule has 0 amide bonds. The Morgan fingerprint density at radius 1 is 1.05 bits per heavy atom. The summed E-state index contributed by atoms with van der Waals surface area (Å²) in [4.78, 5) is 11.2. The molecule has 0 spiro atoms. The summed E-state index contributed by atoms with van der Waals surface area (Å²) in [6.07, 6.45) is 10.7. The Labute approximate surface area is 122 Å². The Bertz CT molecular complexity index is 274. The molecular formula is C16H30O4. The summed E-state index contributed by atoms with van der Waals surface area (Å²) < 4.78 is 4.58. The van der Waals surface area contributed by atoms with Crippen LogP contribution in [0.15, 0.2) is 11.6 Å². The SMILES string of the molecule is COC(=O)C(C)=CC(O)CCCCCCCCCCO. The normalized spacial score (nSPS) is 13.3. The number of hydrogen-bond acceptors (Lipinski definition) is 4. The van der Waals surface area contributed by atoms with E-state index in [0.29, 0.717) is 18.6 Å². The lowest BCUT2D eigenvalue weighted by Gasteiger charge is -2.07. The molecular weight excluding hydrogens is 256 g/mol. The van der Waals surface area contributed by atoms with Crippen LogP contribution in [0.2, 0.25) is 0 Å². The van der Waals surface area contributed by atoms with Crippen LogP contribution in [-0.4, -0.2) is 36.0 Å². The zero-order chi connectivity index (χ0) is 15.2. The third-order valence-electron chi connectivity index (χ3n) is 3.36. The second-order valence-corrected chi connectivity index (χ2v) is 5.25. The molecule has 4 heteroatoms. The Kier molecular flexibility index (Phi) is 12.6. The summed E-state index contributed by atoms with van der Waals surface area (Å²) in [5.41, 5.74) is 0.462. The minimum Gasteiger partial charge on any atom is -0.466 e. The molecule has 0 radical (unpaired) electrons. The highest BCUT2D eigenvalue weighted by atomic mass is 16.5. The maximum Gasteiger partial charge on any atom is 0.333 e. The third kappa shape index (κ3) is 11.0. The Hall–Kier alpha value is -0.870. The molecule has 1 atom stereocenters. The zero-order valence-corrected chi connectivity index (χ0v) is 12.9. The van der Waals surface area contributed by atoms with E-state index >= 15 is 0 Å². The van der Waals surface area contributed by atoms with Crippen LogP contribution >= 0.6 is 0 Å². The molecule has 0 fully saturated rings. The molecule has 20 heavy (non-hydrogen) atoms. The fraction of sp³-hybridized carbons (Fsp3) is 0.812. The fourth-order valence-electron chi connectivity index (χ4n) is 2.13. The highest BCUT2D eigenvalue weighted by molar-refractivity contribution is 5.87. The highest BCUT2D eigenvalue weighted by Crippen LogP contribution is 2.12. The van der Waals surface area contributed by atoms with Crippen LogP contribution in [0.4, 0.5) is 0 Å². The van der Waals surface area contributed by atoms with Gasteiger partial charge >= 0.3 is 5.97 Å². The van der Waals surface area contributed by atoms with Crippen LogP contribution in [0.1, 0.15) is 64.7 Å². The van der Waals surface area contributed by atoms with Crippen molar-refractivity contribution in [1.82, 2.24) is 0 Å². The number of esters is 1. The third-order valence-corrected chi connectivity index (χ3v) is 3.36. The summed E-state index contributed by atoms with van der Waals surface area (Å²) in [5, 5.41) is 18.4.